The molecule has 1 aromatic carbocycles. The summed E-state index contributed by atoms with van der Waals surface area (Å²) in [6.07, 6.45) is 2.52. The Morgan fingerprint density at radius 2 is 1.95 bits per heavy atom. The Kier molecular flexibility index (Phi) is 5.47. The second-order valence-electron chi connectivity index (χ2n) is 4.79. The molecule has 0 aliphatic rings. The van der Waals surface area contributed by atoms with E-state index in [-0.39, 0.29) is 11.5 Å². The summed E-state index contributed by atoms with van der Waals surface area (Å²) in [6, 6.07) is 10.1. The first kappa shape index (κ1) is 16.1. The number of sulfone groups is 1. The molecule has 21 heavy (non-hydrogen) atoms. The Morgan fingerprint density at radius 3 is 2.62 bits per heavy atom. The van der Waals surface area contributed by atoms with Crippen LogP contribution in [0.2, 0.25) is 0 Å². The molecule has 0 aliphatic heterocycles. The summed E-state index contributed by atoms with van der Waals surface area (Å²) in [5.74, 6) is 1.24. The van der Waals surface area contributed by atoms with E-state index in [9.17, 15) is 8.42 Å². The molecule has 2 rings (SSSR count). The summed E-state index contributed by atoms with van der Waals surface area (Å²) >= 11 is 1.60. The van der Waals surface area contributed by atoms with E-state index in [2.05, 4.69) is 17.1 Å². The van der Waals surface area contributed by atoms with Crippen LogP contribution in [0.1, 0.15) is 13.3 Å². The smallest absolute Gasteiger partial charge is 0.168 e. The summed E-state index contributed by atoms with van der Waals surface area (Å²) in [7, 11) is -0.876. The van der Waals surface area contributed by atoms with Gasteiger partial charge in [0.15, 0.2) is 5.16 Å². The predicted molar refractivity (Wildman–Crippen MR) is 88.3 cm³/mol. The van der Waals surface area contributed by atoms with Crippen LogP contribution in [0.25, 0.3) is 11.3 Å². The second-order valence-corrected chi connectivity index (χ2v) is 8.32. The van der Waals surface area contributed by atoms with Gasteiger partial charge < -0.3 is 4.57 Å². The predicted octanol–water partition coefficient (Wildman–Crippen LogP) is 3.00. The molecular formula is C15H20N2O2S2. The van der Waals surface area contributed by atoms with Crippen molar-refractivity contribution in [3.8, 4) is 11.3 Å². The second kappa shape index (κ2) is 7.13. The number of benzene rings is 1. The van der Waals surface area contributed by atoms with Crippen molar-refractivity contribution in [3.63, 3.8) is 0 Å². The van der Waals surface area contributed by atoms with Crippen LogP contribution >= 0.6 is 11.8 Å². The van der Waals surface area contributed by atoms with Gasteiger partial charge in [0.1, 0.15) is 9.84 Å². The Labute approximate surface area is 130 Å². The van der Waals surface area contributed by atoms with Gasteiger partial charge in [-0.15, -0.1) is 0 Å². The maximum absolute atomic E-state index is 11.4. The van der Waals surface area contributed by atoms with Crippen molar-refractivity contribution >= 4 is 21.6 Å². The average molecular weight is 324 g/mol. The van der Waals surface area contributed by atoms with Gasteiger partial charge in [-0.25, -0.2) is 13.4 Å². The SMILES string of the molecule is CCS(=O)(=O)CCCSc1ncc(-c2ccccc2)n1C. The lowest BCUT2D eigenvalue weighted by Gasteiger charge is -2.06. The third-order valence-electron chi connectivity index (χ3n) is 3.29. The lowest BCUT2D eigenvalue weighted by molar-refractivity contribution is 0.596. The molecule has 0 aliphatic carbocycles. The summed E-state index contributed by atoms with van der Waals surface area (Å²) < 4.78 is 24.9. The highest BCUT2D eigenvalue weighted by atomic mass is 32.2. The normalized spacial score (nSPS) is 11.7. The number of imidazole rings is 1. The van der Waals surface area contributed by atoms with Crippen molar-refractivity contribution in [2.24, 2.45) is 7.05 Å². The molecule has 6 heteroatoms. The molecule has 0 bridgehead atoms. The molecule has 114 valence electrons. The van der Waals surface area contributed by atoms with Gasteiger partial charge in [0.05, 0.1) is 17.6 Å². The summed E-state index contributed by atoms with van der Waals surface area (Å²) in [5, 5.41) is 0.919. The minimum absolute atomic E-state index is 0.220. The van der Waals surface area contributed by atoms with Gasteiger partial charge in [0, 0.05) is 18.6 Å². The van der Waals surface area contributed by atoms with Crippen LogP contribution in [0.5, 0.6) is 0 Å². The fourth-order valence-electron chi connectivity index (χ4n) is 1.99. The Morgan fingerprint density at radius 1 is 1.24 bits per heavy atom. The number of hydrogen-bond acceptors (Lipinski definition) is 4. The van der Waals surface area contributed by atoms with Crippen LogP contribution in [0.15, 0.2) is 41.7 Å². The van der Waals surface area contributed by atoms with E-state index in [0.717, 1.165) is 22.2 Å². The minimum atomic E-state index is -2.86. The van der Waals surface area contributed by atoms with E-state index in [1.54, 1.807) is 18.7 Å². The minimum Gasteiger partial charge on any atom is -0.322 e. The highest BCUT2D eigenvalue weighted by Crippen LogP contribution is 2.24. The highest BCUT2D eigenvalue weighted by molar-refractivity contribution is 7.99. The van der Waals surface area contributed by atoms with Crippen molar-refractivity contribution in [1.29, 1.82) is 0 Å². The number of hydrogen-bond donors (Lipinski definition) is 0. The maximum atomic E-state index is 11.4. The Balaban J connectivity index is 1.96. The molecule has 0 atom stereocenters. The average Bonchev–Trinajstić information content (AvgIpc) is 2.86. The van der Waals surface area contributed by atoms with Crippen LogP contribution in [0.3, 0.4) is 0 Å². The Bertz CT molecular complexity index is 679. The first-order chi connectivity index (χ1) is 10.0. The van der Waals surface area contributed by atoms with Gasteiger partial charge in [-0.1, -0.05) is 49.0 Å². The molecule has 0 unspecified atom stereocenters. The molecular weight excluding hydrogens is 304 g/mol. The summed E-state index contributed by atoms with van der Waals surface area (Å²) in [4.78, 5) is 4.42. The Hall–Kier alpha value is -1.27. The number of rotatable bonds is 7. The molecule has 4 nitrogen and oxygen atoms in total. The standard InChI is InChI=1S/C15H20N2O2S2/c1-3-21(18,19)11-7-10-20-15-16-12-14(17(15)2)13-8-5-4-6-9-13/h4-6,8-9,12H,3,7,10-11H2,1-2H3. The van der Waals surface area contributed by atoms with Crippen LogP contribution in [0, 0.1) is 0 Å². The number of nitrogens with zero attached hydrogens (tertiary/aromatic N) is 2. The fourth-order valence-corrected chi connectivity index (χ4v) is 3.94. The third kappa shape index (κ3) is 4.35. The number of thioether (sulfide) groups is 1. The van der Waals surface area contributed by atoms with Gasteiger partial charge in [-0.05, 0) is 12.0 Å². The lowest BCUT2D eigenvalue weighted by Crippen LogP contribution is -2.09. The van der Waals surface area contributed by atoms with Crippen molar-refractivity contribution < 1.29 is 8.42 Å². The molecule has 1 heterocycles. The lowest BCUT2D eigenvalue weighted by atomic mass is 10.2. The monoisotopic (exact) mass is 324 g/mol. The molecule has 1 aromatic heterocycles. The van der Waals surface area contributed by atoms with E-state index in [4.69, 9.17) is 0 Å². The van der Waals surface area contributed by atoms with Gasteiger partial charge in [0.25, 0.3) is 0 Å². The number of aromatic nitrogens is 2. The molecule has 0 spiro atoms. The molecule has 0 saturated carbocycles. The zero-order valence-corrected chi connectivity index (χ0v) is 14.0. The maximum Gasteiger partial charge on any atom is 0.168 e. The molecule has 0 radical (unpaired) electrons. The van der Waals surface area contributed by atoms with E-state index in [0.29, 0.717) is 6.42 Å². The van der Waals surface area contributed by atoms with E-state index < -0.39 is 9.84 Å². The van der Waals surface area contributed by atoms with Crippen LogP contribution in [-0.2, 0) is 16.9 Å². The van der Waals surface area contributed by atoms with Gasteiger partial charge in [0.2, 0.25) is 0 Å². The van der Waals surface area contributed by atoms with Crippen molar-refractivity contribution in [1.82, 2.24) is 9.55 Å². The van der Waals surface area contributed by atoms with E-state index >= 15 is 0 Å². The fraction of sp³-hybridized carbons (Fsp3) is 0.400. The van der Waals surface area contributed by atoms with E-state index in [1.807, 2.05) is 36.0 Å². The van der Waals surface area contributed by atoms with Gasteiger partial charge in [-0.2, -0.15) is 0 Å². The van der Waals surface area contributed by atoms with Crippen molar-refractivity contribution in [2.45, 2.75) is 18.5 Å². The molecule has 0 saturated heterocycles. The van der Waals surface area contributed by atoms with Crippen molar-refractivity contribution in [3.05, 3.63) is 36.5 Å². The molecule has 2 aromatic rings. The zero-order valence-electron chi connectivity index (χ0n) is 12.3. The summed E-state index contributed by atoms with van der Waals surface area (Å²) in [5.41, 5.74) is 2.20. The zero-order chi connectivity index (χ0) is 15.3. The first-order valence-electron chi connectivity index (χ1n) is 6.94. The quantitative estimate of drug-likeness (QED) is 0.580. The third-order valence-corrected chi connectivity index (χ3v) is 6.21. The molecule has 0 fully saturated rings. The largest absolute Gasteiger partial charge is 0.322 e. The van der Waals surface area contributed by atoms with E-state index in [1.165, 1.54) is 0 Å². The molecule has 0 amide bonds. The van der Waals surface area contributed by atoms with Crippen molar-refractivity contribution in [2.75, 3.05) is 17.3 Å². The van der Waals surface area contributed by atoms with Crippen LogP contribution < -0.4 is 0 Å². The topological polar surface area (TPSA) is 52.0 Å². The van der Waals surface area contributed by atoms with Gasteiger partial charge in [-0.3, -0.25) is 0 Å². The van der Waals surface area contributed by atoms with Crippen LogP contribution in [0.4, 0.5) is 0 Å². The first-order valence-corrected chi connectivity index (χ1v) is 9.74. The van der Waals surface area contributed by atoms with Crippen LogP contribution in [-0.4, -0.2) is 35.2 Å². The summed E-state index contributed by atoms with van der Waals surface area (Å²) in [6.45, 7) is 1.69. The molecule has 0 N–H and O–H groups in total. The highest BCUT2D eigenvalue weighted by Gasteiger charge is 2.10. The van der Waals surface area contributed by atoms with Gasteiger partial charge >= 0.3 is 0 Å².